The van der Waals surface area contributed by atoms with Gasteiger partial charge in [0.05, 0.1) is 17.9 Å². The van der Waals surface area contributed by atoms with E-state index in [4.69, 9.17) is 9.47 Å². The van der Waals surface area contributed by atoms with Gasteiger partial charge in [0, 0.05) is 17.6 Å². The highest BCUT2D eigenvalue weighted by atomic mass is 32.1. The number of ether oxygens (including phenoxy) is 2. The Kier molecular flexibility index (Phi) is 4.99. The van der Waals surface area contributed by atoms with Crippen LogP contribution in [-0.2, 0) is 22.3 Å². The molecule has 1 atom stereocenters. The summed E-state index contributed by atoms with van der Waals surface area (Å²) in [6.07, 6.45) is -1.56. The molecule has 1 aliphatic heterocycles. The maximum absolute atomic E-state index is 12.8. The van der Waals surface area contributed by atoms with E-state index in [1.165, 1.54) is 17.4 Å². The van der Waals surface area contributed by atoms with Crippen LogP contribution in [0.1, 0.15) is 30.5 Å². The Hall–Kier alpha value is -1.44. The van der Waals surface area contributed by atoms with Crippen molar-refractivity contribution >= 4 is 11.3 Å². The number of halogens is 3. The van der Waals surface area contributed by atoms with E-state index in [1.807, 2.05) is 0 Å². The lowest BCUT2D eigenvalue weighted by atomic mass is 10.1. The van der Waals surface area contributed by atoms with Crippen molar-refractivity contribution in [2.75, 3.05) is 6.61 Å². The van der Waals surface area contributed by atoms with Gasteiger partial charge in [0.25, 0.3) is 0 Å². The monoisotopic (exact) mass is 343 g/mol. The number of benzene rings is 1. The maximum atomic E-state index is 12.8. The number of hydrogen-bond acceptors (Lipinski definition) is 4. The Morgan fingerprint density at radius 2 is 2.17 bits per heavy atom. The van der Waals surface area contributed by atoms with Crippen LogP contribution in [0.25, 0.3) is 10.6 Å². The minimum atomic E-state index is -4.35. The van der Waals surface area contributed by atoms with Crippen molar-refractivity contribution in [3.63, 3.8) is 0 Å². The summed E-state index contributed by atoms with van der Waals surface area (Å²) in [5.41, 5.74) is 0.500. The van der Waals surface area contributed by atoms with Gasteiger partial charge in [-0.1, -0.05) is 12.1 Å². The third-order valence-electron chi connectivity index (χ3n) is 3.54. The van der Waals surface area contributed by atoms with Crippen LogP contribution in [0.3, 0.4) is 0 Å². The number of rotatable bonds is 4. The van der Waals surface area contributed by atoms with Gasteiger partial charge in [0.15, 0.2) is 6.29 Å². The predicted molar refractivity (Wildman–Crippen MR) is 80.9 cm³/mol. The zero-order valence-electron chi connectivity index (χ0n) is 12.3. The van der Waals surface area contributed by atoms with Gasteiger partial charge in [-0.2, -0.15) is 13.2 Å². The molecule has 1 aromatic heterocycles. The molecule has 1 fully saturated rings. The van der Waals surface area contributed by atoms with Crippen LogP contribution in [0, 0.1) is 0 Å². The topological polar surface area (TPSA) is 31.4 Å². The van der Waals surface area contributed by atoms with Gasteiger partial charge in [-0.05, 0) is 31.4 Å². The van der Waals surface area contributed by atoms with E-state index in [-0.39, 0.29) is 6.29 Å². The van der Waals surface area contributed by atoms with E-state index in [0.29, 0.717) is 29.5 Å². The highest BCUT2D eigenvalue weighted by molar-refractivity contribution is 7.13. The first kappa shape index (κ1) is 16.4. The van der Waals surface area contributed by atoms with Crippen molar-refractivity contribution in [3.05, 3.63) is 40.9 Å². The van der Waals surface area contributed by atoms with Crippen molar-refractivity contribution in [3.8, 4) is 10.6 Å². The molecule has 2 heterocycles. The second kappa shape index (κ2) is 6.98. The van der Waals surface area contributed by atoms with E-state index in [1.54, 1.807) is 11.4 Å². The Balaban J connectivity index is 1.67. The summed E-state index contributed by atoms with van der Waals surface area (Å²) in [5.74, 6) is 0. The molecule has 1 saturated heterocycles. The summed E-state index contributed by atoms with van der Waals surface area (Å²) in [4.78, 5) is 4.36. The molecule has 0 spiro atoms. The maximum Gasteiger partial charge on any atom is 0.416 e. The standard InChI is InChI=1S/C16H16F3NO2S/c17-16(18,19)12-5-3-4-11(8-12)15-20-13(10-23-15)9-22-14-6-1-2-7-21-14/h3-5,8,10,14H,1-2,6-7,9H2. The first-order valence-corrected chi connectivity index (χ1v) is 8.25. The van der Waals surface area contributed by atoms with Gasteiger partial charge in [0.2, 0.25) is 0 Å². The molecule has 0 saturated carbocycles. The van der Waals surface area contributed by atoms with E-state index in [9.17, 15) is 13.2 Å². The van der Waals surface area contributed by atoms with Crippen molar-refractivity contribution in [1.29, 1.82) is 0 Å². The fourth-order valence-corrected chi connectivity index (χ4v) is 3.16. The summed E-state index contributed by atoms with van der Waals surface area (Å²) in [6, 6.07) is 5.20. The molecule has 0 bridgehead atoms. The second-order valence-corrected chi connectivity index (χ2v) is 6.19. The molecule has 3 nitrogen and oxygen atoms in total. The predicted octanol–water partition coefficient (Wildman–Crippen LogP) is 4.87. The lowest BCUT2D eigenvalue weighted by Gasteiger charge is -2.22. The number of hydrogen-bond donors (Lipinski definition) is 0. The van der Waals surface area contributed by atoms with Gasteiger partial charge in [0.1, 0.15) is 5.01 Å². The summed E-state index contributed by atoms with van der Waals surface area (Å²) in [7, 11) is 0. The van der Waals surface area contributed by atoms with Crippen LogP contribution in [-0.4, -0.2) is 17.9 Å². The molecule has 3 rings (SSSR count). The Labute approximate surface area is 136 Å². The molecule has 0 radical (unpaired) electrons. The highest BCUT2D eigenvalue weighted by Crippen LogP contribution is 2.33. The zero-order chi connectivity index (χ0) is 16.3. The van der Waals surface area contributed by atoms with Gasteiger partial charge in [-0.25, -0.2) is 4.98 Å². The third-order valence-corrected chi connectivity index (χ3v) is 4.48. The van der Waals surface area contributed by atoms with E-state index in [0.717, 1.165) is 31.4 Å². The summed E-state index contributed by atoms with van der Waals surface area (Å²) >= 11 is 1.31. The lowest BCUT2D eigenvalue weighted by Crippen LogP contribution is -2.22. The average Bonchev–Trinajstić information content (AvgIpc) is 3.02. The Morgan fingerprint density at radius 1 is 1.30 bits per heavy atom. The lowest BCUT2D eigenvalue weighted by molar-refractivity contribution is -0.169. The van der Waals surface area contributed by atoms with E-state index < -0.39 is 11.7 Å². The zero-order valence-corrected chi connectivity index (χ0v) is 13.1. The molecule has 1 unspecified atom stereocenters. The van der Waals surface area contributed by atoms with Crippen LogP contribution in [0.15, 0.2) is 29.6 Å². The first-order valence-electron chi connectivity index (χ1n) is 7.37. The van der Waals surface area contributed by atoms with Crippen LogP contribution in [0.5, 0.6) is 0 Å². The van der Waals surface area contributed by atoms with Gasteiger partial charge < -0.3 is 9.47 Å². The second-order valence-electron chi connectivity index (χ2n) is 5.33. The largest absolute Gasteiger partial charge is 0.416 e. The van der Waals surface area contributed by atoms with Gasteiger partial charge >= 0.3 is 6.18 Å². The van der Waals surface area contributed by atoms with Crippen LogP contribution in [0.4, 0.5) is 13.2 Å². The van der Waals surface area contributed by atoms with Crippen LogP contribution < -0.4 is 0 Å². The van der Waals surface area contributed by atoms with Crippen molar-refractivity contribution in [1.82, 2.24) is 4.98 Å². The minimum Gasteiger partial charge on any atom is -0.353 e. The highest BCUT2D eigenvalue weighted by Gasteiger charge is 2.30. The van der Waals surface area contributed by atoms with Crippen LogP contribution >= 0.6 is 11.3 Å². The summed E-state index contributed by atoms with van der Waals surface area (Å²) in [6.45, 7) is 1.01. The minimum absolute atomic E-state index is 0.206. The molecule has 1 aliphatic rings. The first-order chi connectivity index (χ1) is 11.0. The average molecular weight is 343 g/mol. The number of aromatic nitrogens is 1. The van der Waals surface area contributed by atoms with Gasteiger partial charge in [-0.15, -0.1) is 11.3 Å². The van der Waals surface area contributed by atoms with Crippen molar-refractivity contribution in [2.45, 2.75) is 38.3 Å². The van der Waals surface area contributed by atoms with Crippen molar-refractivity contribution in [2.24, 2.45) is 0 Å². The van der Waals surface area contributed by atoms with E-state index >= 15 is 0 Å². The molecule has 0 aliphatic carbocycles. The van der Waals surface area contributed by atoms with E-state index in [2.05, 4.69) is 4.98 Å². The summed E-state index contributed by atoms with van der Waals surface area (Å²) in [5, 5.41) is 2.36. The molecule has 0 N–H and O–H groups in total. The molecule has 1 aromatic carbocycles. The number of alkyl halides is 3. The smallest absolute Gasteiger partial charge is 0.353 e. The number of thiazole rings is 1. The fourth-order valence-electron chi connectivity index (χ4n) is 2.36. The fraction of sp³-hybridized carbons (Fsp3) is 0.438. The molecular weight excluding hydrogens is 327 g/mol. The molecule has 124 valence electrons. The molecular formula is C16H16F3NO2S. The molecule has 23 heavy (non-hydrogen) atoms. The third kappa shape index (κ3) is 4.31. The number of nitrogens with zero attached hydrogens (tertiary/aromatic N) is 1. The molecule has 0 amide bonds. The SMILES string of the molecule is FC(F)(F)c1cccc(-c2nc(COC3CCCCO3)cs2)c1. The molecule has 7 heteroatoms. The van der Waals surface area contributed by atoms with Crippen molar-refractivity contribution < 1.29 is 22.6 Å². The Bertz CT molecular complexity index is 651. The summed E-state index contributed by atoms with van der Waals surface area (Å²) < 4.78 is 49.4. The quantitative estimate of drug-likeness (QED) is 0.793. The molecule has 2 aromatic rings. The normalized spacial score (nSPS) is 19.0. The van der Waals surface area contributed by atoms with Gasteiger partial charge in [-0.3, -0.25) is 0 Å². The Morgan fingerprint density at radius 3 is 2.91 bits per heavy atom. The van der Waals surface area contributed by atoms with Crippen LogP contribution in [0.2, 0.25) is 0 Å².